The molecule has 0 radical (unpaired) electrons. The molecule has 94 valence electrons. The van der Waals surface area contributed by atoms with Crippen molar-refractivity contribution in [2.45, 2.75) is 19.9 Å². The standard InChI is InChI=1S/C12H15F2NO2/c1-3-17-12(16)7-15-8(2)9-4-5-10(13)11(14)6-9/h4-6,8,15H,3,7H2,1-2H3. The molecule has 0 saturated heterocycles. The maximum Gasteiger partial charge on any atom is 0.319 e. The van der Waals surface area contributed by atoms with Crippen molar-refractivity contribution >= 4 is 5.97 Å². The van der Waals surface area contributed by atoms with E-state index in [1.165, 1.54) is 6.07 Å². The minimum Gasteiger partial charge on any atom is -0.465 e. The number of benzene rings is 1. The summed E-state index contributed by atoms with van der Waals surface area (Å²) in [6.45, 7) is 3.83. The van der Waals surface area contributed by atoms with E-state index in [0.717, 1.165) is 12.1 Å². The molecule has 1 unspecified atom stereocenters. The molecule has 0 fully saturated rings. The first-order chi connectivity index (χ1) is 8.04. The van der Waals surface area contributed by atoms with Crippen molar-refractivity contribution in [3.63, 3.8) is 0 Å². The number of carbonyl (C=O) groups is 1. The minimum atomic E-state index is -0.896. The molecule has 0 aromatic heterocycles. The predicted molar refractivity (Wildman–Crippen MR) is 59.4 cm³/mol. The van der Waals surface area contributed by atoms with Crippen molar-refractivity contribution in [1.29, 1.82) is 0 Å². The van der Waals surface area contributed by atoms with Crippen LogP contribution in [0.4, 0.5) is 8.78 Å². The largest absolute Gasteiger partial charge is 0.465 e. The van der Waals surface area contributed by atoms with Crippen molar-refractivity contribution in [2.24, 2.45) is 0 Å². The van der Waals surface area contributed by atoms with Crippen LogP contribution in [0.15, 0.2) is 18.2 Å². The second-order valence-electron chi connectivity index (χ2n) is 3.58. The van der Waals surface area contributed by atoms with Crippen molar-refractivity contribution in [3.05, 3.63) is 35.4 Å². The number of ether oxygens (including phenoxy) is 1. The van der Waals surface area contributed by atoms with E-state index in [0.29, 0.717) is 12.2 Å². The first-order valence-corrected chi connectivity index (χ1v) is 5.38. The zero-order valence-electron chi connectivity index (χ0n) is 9.80. The minimum absolute atomic E-state index is 0.0357. The molecule has 1 aromatic rings. The Kier molecular flexibility index (Phi) is 5.03. The summed E-state index contributed by atoms with van der Waals surface area (Å²) in [5, 5.41) is 2.87. The molecule has 0 bridgehead atoms. The molecule has 0 saturated carbocycles. The molecule has 1 rings (SSSR count). The molecule has 0 heterocycles. The Morgan fingerprint density at radius 2 is 2.12 bits per heavy atom. The monoisotopic (exact) mass is 243 g/mol. The van der Waals surface area contributed by atoms with Gasteiger partial charge in [0.05, 0.1) is 13.2 Å². The van der Waals surface area contributed by atoms with Crippen molar-refractivity contribution in [1.82, 2.24) is 5.32 Å². The summed E-state index contributed by atoms with van der Waals surface area (Å²) >= 11 is 0. The maximum atomic E-state index is 13.0. The quantitative estimate of drug-likeness (QED) is 0.805. The Morgan fingerprint density at radius 1 is 1.41 bits per heavy atom. The average Bonchev–Trinajstić information content (AvgIpc) is 2.30. The lowest BCUT2D eigenvalue weighted by molar-refractivity contribution is -0.142. The molecule has 5 heteroatoms. The van der Waals surface area contributed by atoms with E-state index < -0.39 is 11.6 Å². The van der Waals surface area contributed by atoms with E-state index in [-0.39, 0.29) is 18.6 Å². The Bertz CT molecular complexity index is 396. The first-order valence-electron chi connectivity index (χ1n) is 5.38. The summed E-state index contributed by atoms with van der Waals surface area (Å²) in [6, 6.07) is 3.39. The predicted octanol–water partition coefficient (Wildman–Crippen LogP) is 2.18. The fourth-order valence-electron chi connectivity index (χ4n) is 1.35. The topological polar surface area (TPSA) is 38.3 Å². The summed E-state index contributed by atoms with van der Waals surface area (Å²) in [4.78, 5) is 11.1. The lowest BCUT2D eigenvalue weighted by atomic mass is 10.1. The third-order valence-corrected chi connectivity index (χ3v) is 2.30. The van der Waals surface area contributed by atoms with Gasteiger partial charge in [0.25, 0.3) is 0 Å². The van der Waals surface area contributed by atoms with Gasteiger partial charge in [-0.2, -0.15) is 0 Å². The van der Waals surface area contributed by atoms with E-state index in [9.17, 15) is 13.6 Å². The Labute approximate surface area is 98.8 Å². The fourth-order valence-corrected chi connectivity index (χ4v) is 1.35. The highest BCUT2D eigenvalue weighted by Gasteiger charge is 2.10. The molecule has 1 aromatic carbocycles. The molecule has 1 N–H and O–H groups in total. The van der Waals surface area contributed by atoms with Crippen LogP contribution < -0.4 is 5.32 Å². The summed E-state index contributed by atoms with van der Waals surface area (Å²) in [5.41, 5.74) is 0.577. The van der Waals surface area contributed by atoms with E-state index in [1.807, 2.05) is 0 Å². The average molecular weight is 243 g/mol. The summed E-state index contributed by atoms with van der Waals surface area (Å²) in [5.74, 6) is -2.15. The van der Waals surface area contributed by atoms with Gasteiger partial charge in [-0.05, 0) is 31.5 Å². The SMILES string of the molecule is CCOC(=O)CNC(C)c1ccc(F)c(F)c1. The number of halogens is 2. The van der Waals surface area contributed by atoms with Gasteiger partial charge in [0.15, 0.2) is 11.6 Å². The molecule has 0 amide bonds. The first kappa shape index (κ1) is 13.6. The van der Waals surface area contributed by atoms with Crippen LogP contribution in [0.3, 0.4) is 0 Å². The molecule has 17 heavy (non-hydrogen) atoms. The van der Waals surface area contributed by atoms with Crippen molar-refractivity contribution < 1.29 is 18.3 Å². The summed E-state index contributed by atoms with van der Waals surface area (Å²) in [6.07, 6.45) is 0. The van der Waals surface area contributed by atoms with E-state index in [4.69, 9.17) is 4.74 Å². The number of nitrogens with one attached hydrogen (secondary N) is 1. The van der Waals surface area contributed by atoms with Crippen LogP contribution in [0.25, 0.3) is 0 Å². The van der Waals surface area contributed by atoms with Gasteiger partial charge >= 0.3 is 5.97 Å². The molecular weight excluding hydrogens is 228 g/mol. The summed E-state index contributed by atoms with van der Waals surface area (Å²) < 4.78 is 30.4. The third-order valence-electron chi connectivity index (χ3n) is 2.30. The van der Waals surface area contributed by atoms with E-state index in [2.05, 4.69) is 5.32 Å². The van der Waals surface area contributed by atoms with Crippen LogP contribution in [0.2, 0.25) is 0 Å². The van der Waals surface area contributed by atoms with Gasteiger partial charge in [0.1, 0.15) is 0 Å². The van der Waals surface area contributed by atoms with Crippen LogP contribution in [0.1, 0.15) is 25.5 Å². The zero-order chi connectivity index (χ0) is 12.8. The molecule has 0 aliphatic carbocycles. The van der Waals surface area contributed by atoms with Crippen LogP contribution >= 0.6 is 0 Å². The number of hydrogen-bond acceptors (Lipinski definition) is 3. The van der Waals surface area contributed by atoms with Gasteiger partial charge in [-0.1, -0.05) is 6.07 Å². The second kappa shape index (κ2) is 6.30. The highest BCUT2D eigenvalue weighted by atomic mass is 19.2. The zero-order valence-corrected chi connectivity index (χ0v) is 9.80. The van der Waals surface area contributed by atoms with Gasteiger partial charge in [0, 0.05) is 6.04 Å². The van der Waals surface area contributed by atoms with Crippen molar-refractivity contribution in [3.8, 4) is 0 Å². The number of esters is 1. The van der Waals surface area contributed by atoms with Gasteiger partial charge in [0.2, 0.25) is 0 Å². The number of carbonyl (C=O) groups excluding carboxylic acids is 1. The number of rotatable bonds is 5. The van der Waals surface area contributed by atoms with Gasteiger partial charge in [-0.3, -0.25) is 4.79 Å². The highest BCUT2D eigenvalue weighted by molar-refractivity contribution is 5.71. The van der Waals surface area contributed by atoms with Gasteiger partial charge in [-0.15, -0.1) is 0 Å². The molecular formula is C12H15F2NO2. The molecule has 3 nitrogen and oxygen atoms in total. The van der Waals surface area contributed by atoms with E-state index in [1.54, 1.807) is 13.8 Å². The lowest BCUT2D eigenvalue weighted by Gasteiger charge is -2.13. The molecule has 0 aliphatic heterocycles. The maximum absolute atomic E-state index is 13.0. The normalized spacial score (nSPS) is 12.2. The smallest absolute Gasteiger partial charge is 0.319 e. The van der Waals surface area contributed by atoms with Crippen LogP contribution in [0, 0.1) is 11.6 Å². The Hall–Kier alpha value is -1.49. The lowest BCUT2D eigenvalue weighted by Crippen LogP contribution is -2.27. The Morgan fingerprint density at radius 3 is 2.71 bits per heavy atom. The van der Waals surface area contributed by atoms with E-state index >= 15 is 0 Å². The van der Waals surface area contributed by atoms with Gasteiger partial charge < -0.3 is 10.1 Å². The number of hydrogen-bond donors (Lipinski definition) is 1. The fraction of sp³-hybridized carbons (Fsp3) is 0.417. The molecule has 0 aliphatic rings. The molecule has 1 atom stereocenters. The molecule has 0 spiro atoms. The van der Waals surface area contributed by atoms with Crippen LogP contribution in [-0.4, -0.2) is 19.1 Å². The third kappa shape index (κ3) is 4.11. The second-order valence-corrected chi connectivity index (χ2v) is 3.58. The van der Waals surface area contributed by atoms with Gasteiger partial charge in [-0.25, -0.2) is 8.78 Å². The summed E-state index contributed by atoms with van der Waals surface area (Å²) in [7, 11) is 0. The highest BCUT2D eigenvalue weighted by Crippen LogP contribution is 2.15. The van der Waals surface area contributed by atoms with Crippen LogP contribution in [-0.2, 0) is 9.53 Å². The van der Waals surface area contributed by atoms with Crippen molar-refractivity contribution in [2.75, 3.05) is 13.2 Å². The van der Waals surface area contributed by atoms with Crippen LogP contribution in [0.5, 0.6) is 0 Å². The Balaban J connectivity index is 2.54.